The van der Waals surface area contributed by atoms with Gasteiger partial charge in [-0.2, -0.15) is 0 Å². The molecule has 2 aromatic heterocycles. The van der Waals surface area contributed by atoms with E-state index in [0.717, 1.165) is 22.8 Å². The molecule has 0 saturated heterocycles. The number of fused-ring (bicyclic) bond motifs is 3. The molecule has 0 radical (unpaired) electrons. The lowest BCUT2D eigenvalue weighted by atomic mass is 9.95. The maximum atomic E-state index is 5.01. The molecule has 170 valence electrons. The van der Waals surface area contributed by atoms with Crippen molar-refractivity contribution in [1.29, 1.82) is 0 Å². The van der Waals surface area contributed by atoms with E-state index in [9.17, 15) is 0 Å². The van der Waals surface area contributed by atoms with Crippen LogP contribution in [0.1, 0.15) is 26.6 Å². The lowest BCUT2D eigenvalue weighted by Crippen LogP contribution is -2.18. The summed E-state index contributed by atoms with van der Waals surface area (Å²) in [6, 6.07) is 33.9. The fourth-order valence-electron chi connectivity index (χ4n) is 4.36. The third kappa shape index (κ3) is 4.00. The third-order valence-corrected chi connectivity index (χ3v) is 7.34. The van der Waals surface area contributed by atoms with Crippen LogP contribution in [0.5, 0.6) is 0 Å². The van der Waals surface area contributed by atoms with Gasteiger partial charge in [0.1, 0.15) is 5.82 Å². The van der Waals surface area contributed by atoms with Gasteiger partial charge in [-0.3, -0.25) is 0 Å². The zero-order valence-electron chi connectivity index (χ0n) is 20.0. The molecule has 4 aromatic carbocycles. The van der Waals surface area contributed by atoms with Gasteiger partial charge in [0.25, 0.3) is 0 Å². The molecule has 0 amide bonds. The van der Waals surface area contributed by atoms with Crippen LogP contribution in [-0.2, 0) is 5.41 Å². The standard InChI is InChI=1S/C31H25N3S/c1-31(2,3)30-33-28(22-18-16-21(17-19-22)20-10-5-4-6-11-20)32-29(34-30)24-13-9-15-26-27(24)23-12-7-8-14-25(23)35-26/h4-19H,1-3H3. The first-order valence-electron chi connectivity index (χ1n) is 11.8. The van der Waals surface area contributed by atoms with Crippen molar-refractivity contribution < 1.29 is 0 Å². The topological polar surface area (TPSA) is 38.7 Å². The van der Waals surface area contributed by atoms with Gasteiger partial charge in [0.2, 0.25) is 0 Å². The van der Waals surface area contributed by atoms with Gasteiger partial charge in [0.15, 0.2) is 11.6 Å². The molecular weight excluding hydrogens is 446 g/mol. The second-order valence-electron chi connectivity index (χ2n) is 9.78. The number of hydrogen-bond donors (Lipinski definition) is 0. The number of thiophene rings is 1. The first-order valence-corrected chi connectivity index (χ1v) is 12.6. The minimum Gasteiger partial charge on any atom is -0.212 e. The Hall–Kier alpha value is -3.89. The molecule has 0 spiro atoms. The van der Waals surface area contributed by atoms with Crippen LogP contribution < -0.4 is 0 Å². The lowest BCUT2D eigenvalue weighted by Gasteiger charge is -2.18. The summed E-state index contributed by atoms with van der Waals surface area (Å²) in [7, 11) is 0. The maximum Gasteiger partial charge on any atom is 0.164 e. The third-order valence-electron chi connectivity index (χ3n) is 6.20. The maximum absolute atomic E-state index is 5.01. The van der Waals surface area contributed by atoms with Crippen LogP contribution in [0.25, 0.3) is 54.1 Å². The number of rotatable bonds is 3. The van der Waals surface area contributed by atoms with Crippen molar-refractivity contribution in [3.05, 3.63) is 103 Å². The highest BCUT2D eigenvalue weighted by molar-refractivity contribution is 7.25. The normalized spacial score (nSPS) is 11.9. The Labute approximate surface area is 209 Å². The first kappa shape index (κ1) is 21.6. The number of nitrogens with zero attached hydrogens (tertiary/aromatic N) is 3. The molecule has 0 bridgehead atoms. The van der Waals surface area contributed by atoms with Gasteiger partial charge in [-0.1, -0.05) is 106 Å². The van der Waals surface area contributed by atoms with Crippen LogP contribution in [0.15, 0.2) is 97.1 Å². The fraction of sp³-hybridized carbons (Fsp3) is 0.129. The smallest absolute Gasteiger partial charge is 0.164 e. The van der Waals surface area contributed by atoms with E-state index in [0.29, 0.717) is 5.82 Å². The molecule has 0 aliphatic heterocycles. The van der Waals surface area contributed by atoms with Crippen LogP contribution in [0.3, 0.4) is 0 Å². The van der Waals surface area contributed by atoms with E-state index in [1.54, 1.807) is 0 Å². The predicted octanol–water partition coefficient (Wildman–Crippen LogP) is 8.54. The fourth-order valence-corrected chi connectivity index (χ4v) is 5.50. The van der Waals surface area contributed by atoms with Crippen LogP contribution >= 0.6 is 11.3 Å². The van der Waals surface area contributed by atoms with E-state index < -0.39 is 0 Å². The summed E-state index contributed by atoms with van der Waals surface area (Å²) >= 11 is 1.81. The quantitative estimate of drug-likeness (QED) is 0.259. The van der Waals surface area contributed by atoms with Crippen LogP contribution in [0.4, 0.5) is 0 Å². The minimum absolute atomic E-state index is 0.207. The van der Waals surface area contributed by atoms with Gasteiger partial charge < -0.3 is 0 Å². The largest absolute Gasteiger partial charge is 0.212 e. The van der Waals surface area contributed by atoms with Gasteiger partial charge in [-0.25, -0.2) is 15.0 Å². The van der Waals surface area contributed by atoms with Gasteiger partial charge in [0, 0.05) is 36.7 Å². The highest BCUT2D eigenvalue weighted by Gasteiger charge is 2.22. The Morgan fingerprint density at radius 3 is 1.94 bits per heavy atom. The molecule has 6 aromatic rings. The molecule has 6 rings (SSSR count). The SMILES string of the molecule is CC(C)(C)c1nc(-c2ccc(-c3ccccc3)cc2)nc(-c2cccc3sc4ccccc4c23)n1. The van der Waals surface area contributed by atoms with Crippen molar-refractivity contribution in [2.24, 2.45) is 0 Å². The number of hydrogen-bond acceptors (Lipinski definition) is 4. The Kier molecular flexibility index (Phi) is 5.19. The summed E-state index contributed by atoms with van der Waals surface area (Å²) in [5.74, 6) is 2.22. The number of benzene rings is 4. The molecule has 0 aliphatic rings. The van der Waals surface area contributed by atoms with E-state index in [1.807, 2.05) is 17.4 Å². The van der Waals surface area contributed by atoms with E-state index in [1.165, 1.54) is 31.3 Å². The van der Waals surface area contributed by atoms with Gasteiger partial charge in [0.05, 0.1) is 0 Å². The molecule has 4 heteroatoms. The predicted molar refractivity (Wildman–Crippen MR) is 148 cm³/mol. The second-order valence-corrected chi connectivity index (χ2v) is 10.9. The summed E-state index contributed by atoms with van der Waals surface area (Å²) < 4.78 is 2.52. The molecule has 0 atom stereocenters. The molecular formula is C31H25N3S. The summed E-state index contributed by atoms with van der Waals surface area (Å²) in [5, 5.41) is 2.46. The minimum atomic E-state index is -0.207. The van der Waals surface area contributed by atoms with Crippen molar-refractivity contribution in [3.63, 3.8) is 0 Å². The van der Waals surface area contributed by atoms with Crippen molar-refractivity contribution >= 4 is 31.5 Å². The highest BCUT2D eigenvalue weighted by atomic mass is 32.1. The van der Waals surface area contributed by atoms with Crippen molar-refractivity contribution in [3.8, 4) is 33.9 Å². The Morgan fingerprint density at radius 1 is 0.543 bits per heavy atom. The number of aromatic nitrogens is 3. The molecule has 3 nitrogen and oxygen atoms in total. The van der Waals surface area contributed by atoms with Crippen LogP contribution in [0, 0.1) is 0 Å². The average molecular weight is 472 g/mol. The molecule has 0 N–H and O–H groups in total. The Balaban J connectivity index is 1.53. The molecule has 2 heterocycles. The van der Waals surface area contributed by atoms with Crippen molar-refractivity contribution in [2.75, 3.05) is 0 Å². The first-order chi connectivity index (χ1) is 17.0. The second kappa shape index (κ2) is 8.40. The van der Waals surface area contributed by atoms with E-state index in [2.05, 4.69) is 112 Å². The van der Waals surface area contributed by atoms with E-state index in [-0.39, 0.29) is 5.41 Å². The molecule has 0 unspecified atom stereocenters. The van der Waals surface area contributed by atoms with Crippen LogP contribution in [-0.4, -0.2) is 15.0 Å². The molecule has 0 fully saturated rings. The Bertz CT molecular complexity index is 1660. The van der Waals surface area contributed by atoms with Crippen molar-refractivity contribution in [1.82, 2.24) is 15.0 Å². The van der Waals surface area contributed by atoms with Gasteiger partial charge >= 0.3 is 0 Å². The molecule has 0 aliphatic carbocycles. The highest BCUT2D eigenvalue weighted by Crippen LogP contribution is 2.39. The van der Waals surface area contributed by atoms with Gasteiger partial charge in [-0.05, 0) is 23.3 Å². The monoisotopic (exact) mass is 471 g/mol. The van der Waals surface area contributed by atoms with E-state index >= 15 is 0 Å². The summed E-state index contributed by atoms with van der Waals surface area (Å²) in [6.07, 6.45) is 0. The zero-order valence-corrected chi connectivity index (χ0v) is 20.8. The zero-order chi connectivity index (χ0) is 24.0. The summed E-state index contributed by atoms with van der Waals surface area (Å²) in [5.41, 5.74) is 4.20. The molecule has 0 saturated carbocycles. The summed E-state index contributed by atoms with van der Waals surface area (Å²) in [6.45, 7) is 6.44. The Morgan fingerprint density at radius 2 is 1.17 bits per heavy atom. The van der Waals surface area contributed by atoms with E-state index in [4.69, 9.17) is 15.0 Å². The van der Waals surface area contributed by atoms with Gasteiger partial charge in [-0.15, -0.1) is 11.3 Å². The van der Waals surface area contributed by atoms with Crippen molar-refractivity contribution in [2.45, 2.75) is 26.2 Å². The summed E-state index contributed by atoms with van der Waals surface area (Å²) in [4.78, 5) is 14.9. The van der Waals surface area contributed by atoms with Crippen LogP contribution in [0.2, 0.25) is 0 Å². The lowest BCUT2D eigenvalue weighted by molar-refractivity contribution is 0.543. The molecule has 35 heavy (non-hydrogen) atoms. The average Bonchev–Trinajstić information content (AvgIpc) is 3.27.